The lowest BCUT2D eigenvalue weighted by Gasteiger charge is -2.11. The van der Waals surface area contributed by atoms with Crippen molar-refractivity contribution in [2.75, 3.05) is 5.75 Å². The van der Waals surface area contributed by atoms with E-state index in [1.807, 2.05) is 0 Å². The fraction of sp³-hybridized carbons (Fsp3) is 0.455. The van der Waals surface area contributed by atoms with Gasteiger partial charge in [-0.2, -0.15) is 0 Å². The summed E-state index contributed by atoms with van der Waals surface area (Å²) in [7, 11) is -3.78. The van der Waals surface area contributed by atoms with Crippen LogP contribution in [0.1, 0.15) is 12.8 Å². The molecule has 1 aromatic carbocycles. The molecule has 17 heavy (non-hydrogen) atoms. The van der Waals surface area contributed by atoms with Gasteiger partial charge in [-0.3, -0.25) is 0 Å². The molecule has 0 aromatic heterocycles. The average Bonchev–Trinajstić information content (AvgIpc) is 2.98. The largest absolute Gasteiger partial charge is 0.327 e. The maximum absolute atomic E-state index is 13.4. The van der Waals surface area contributed by atoms with Gasteiger partial charge in [-0.15, -0.1) is 0 Å². The fourth-order valence-electron chi connectivity index (χ4n) is 1.73. The predicted molar refractivity (Wildman–Crippen MR) is 59.1 cm³/mol. The lowest BCUT2D eigenvalue weighted by Crippen LogP contribution is -2.31. The maximum atomic E-state index is 13.4. The minimum Gasteiger partial charge on any atom is -0.327 e. The summed E-state index contributed by atoms with van der Waals surface area (Å²) in [6.07, 6.45) is 1.84. The Kier molecular flexibility index (Phi) is 3.18. The highest BCUT2D eigenvalue weighted by atomic mass is 32.2. The molecule has 2 rings (SSSR count). The van der Waals surface area contributed by atoms with E-state index in [9.17, 15) is 17.2 Å². The summed E-state index contributed by atoms with van der Waals surface area (Å²) in [6.45, 7) is 0. The minimum atomic E-state index is -3.78. The molecule has 0 amide bonds. The first-order valence-corrected chi connectivity index (χ1v) is 6.99. The van der Waals surface area contributed by atoms with Crippen LogP contribution in [-0.4, -0.2) is 20.2 Å². The number of rotatable bonds is 4. The molecule has 1 saturated carbocycles. The number of hydrogen-bond donors (Lipinski definition) is 1. The van der Waals surface area contributed by atoms with Gasteiger partial charge in [0.25, 0.3) is 0 Å². The molecule has 0 saturated heterocycles. The second-order valence-electron chi connectivity index (χ2n) is 4.36. The lowest BCUT2D eigenvalue weighted by molar-refractivity contribution is 0.542. The molecule has 3 nitrogen and oxygen atoms in total. The van der Waals surface area contributed by atoms with Gasteiger partial charge >= 0.3 is 0 Å². The van der Waals surface area contributed by atoms with Gasteiger partial charge in [0.15, 0.2) is 9.84 Å². The van der Waals surface area contributed by atoms with E-state index in [-0.39, 0.29) is 11.7 Å². The van der Waals surface area contributed by atoms with Crippen molar-refractivity contribution >= 4 is 9.84 Å². The number of benzene rings is 1. The number of halogens is 2. The number of sulfone groups is 1. The molecule has 0 aliphatic heterocycles. The van der Waals surface area contributed by atoms with E-state index >= 15 is 0 Å². The van der Waals surface area contributed by atoms with Crippen LogP contribution in [0.15, 0.2) is 23.1 Å². The highest BCUT2D eigenvalue weighted by Crippen LogP contribution is 2.33. The highest BCUT2D eigenvalue weighted by Gasteiger charge is 2.33. The maximum Gasteiger partial charge on any atom is 0.182 e. The molecule has 0 radical (unpaired) electrons. The smallest absolute Gasteiger partial charge is 0.182 e. The van der Waals surface area contributed by atoms with E-state index in [4.69, 9.17) is 5.73 Å². The van der Waals surface area contributed by atoms with Crippen molar-refractivity contribution in [3.8, 4) is 0 Å². The Morgan fingerprint density at radius 2 is 2.00 bits per heavy atom. The first kappa shape index (κ1) is 12.4. The summed E-state index contributed by atoms with van der Waals surface area (Å²) in [5.74, 6) is -1.94. The van der Waals surface area contributed by atoms with Crippen molar-refractivity contribution in [3.63, 3.8) is 0 Å². The quantitative estimate of drug-likeness (QED) is 0.835. The second kappa shape index (κ2) is 4.34. The third-order valence-electron chi connectivity index (χ3n) is 2.87. The second-order valence-corrected chi connectivity index (χ2v) is 6.36. The van der Waals surface area contributed by atoms with Gasteiger partial charge in [0.1, 0.15) is 16.5 Å². The van der Waals surface area contributed by atoms with Gasteiger partial charge in [-0.05, 0) is 30.9 Å². The van der Waals surface area contributed by atoms with Crippen molar-refractivity contribution in [1.29, 1.82) is 0 Å². The van der Waals surface area contributed by atoms with E-state index in [0.29, 0.717) is 6.07 Å². The van der Waals surface area contributed by atoms with E-state index in [1.165, 1.54) is 0 Å². The van der Waals surface area contributed by atoms with Crippen molar-refractivity contribution in [3.05, 3.63) is 29.8 Å². The van der Waals surface area contributed by atoms with Gasteiger partial charge in [0, 0.05) is 12.1 Å². The first-order chi connectivity index (χ1) is 7.90. The third kappa shape index (κ3) is 2.81. The predicted octanol–water partition coefficient (Wildman–Crippen LogP) is 1.48. The summed E-state index contributed by atoms with van der Waals surface area (Å²) in [5.41, 5.74) is 5.71. The zero-order valence-electron chi connectivity index (χ0n) is 9.07. The van der Waals surface area contributed by atoms with Gasteiger partial charge in [-0.25, -0.2) is 17.2 Å². The van der Waals surface area contributed by atoms with Crippen LogP contribution >= 0.6 is 0 Å². The Morgan fingerprint density at radius 3 is 2.53 bits per heavy atom. The van der Waals surface area contributed by atoms with E-state index in [2.05, 4.69) is 0 Å². The van der Waals surface area contributed by atoms with Crippen molar-refractivity contribution in [2.24, 2.45) is 11.7 Å². The minimum absolute atomic E-state index is 0.216. The fourth-order valence-corrected chi connectivity index (χ4v) is 3.32. The average molecular weight is 261 g/mol. The van der Waals surface area contributed by atoms with Gasteiger partial charge < -0.3 is 5.73 Å². The van der Waals surface area contributed by atoms with Crippen molar-refractivity contribution < 1.29 is 17.2 Å². The number of nitrogens with two attached hydrogens (primary N) is 1. The SMILES string of the molecule is NC(CS(=O)(=O)c1ccc(F)cc1F)C1CC1. The van der Waals surface area contributed by atoms with Crippen LogP contribution < -0.4 is 5.73 Å². The molecule has 1 aliphatic carbocycles. The van der Waals surface area contributed by atoms with E-state index < -0.39 is 32.4 Å². The summed E-state index contributed by atoms with van der Waals surface area (Å²) >= 11 is 0. The van der Waals surface area contributed by atoms with Crippen molar-refractivity contribution in [1.82, 2.24) is 0 Å². The summed E-state index contributed by atoms with van der Waals surface area (Å²) in [5, 5.41) is 0. The Morgan fingerprint density at radius 1 is 1.35 bits per heavy atom. The Balaban J connectivity index is 2.24. The monoisotopic (exact) mass is 261 g/mol. The van der Waals surface area contributed by atoms with Crippen LogP contribution in [0.3, 0.4) is 0 Å². The topological polar surface area (TPSA) is 60.2 Å². The summed E-state index contributed by atoms with van der Waals surface area (Å²) in [4.78, 5) is -0.477. The van der Waals surface area contributed by atoms with Gasteiger partial charge in [0.2, 0.25) is 0 Å². The molecule has 0 spiro atoms. The van der Waals surface area contributed by atoms with Gasteiger partial charge in [0.05, 0.1) is 5.75 Å². The zero-order chi connectivity index (χ0) is 12.6. The molecular weight excluding hydrogens is 248 g/mol. The summed E-state index contributed by atoms with van der Waals surface area (Å²) in [6, 6.07) is 1.97. The molecule has 1 fully saturated rings. The van der Waals surface area contributed by atoms with Crippen LogP contribution in [0, 0.1) is 17.6 Å². The van der Waals surface area contributed by atoms with Crippen LogP contribution in [0.2, 0.25) is 0 Å². The Hall–Kier alpha value is -1.01. The van der Waals surface area contributed by atoms with Crippen LogP contribution in [-0.2, 0) is 9.84 Å². The molecule has 0 bridgehead atoms. The standard InChI is InChI=1S/C11H13F2NO2S/c12-8-3-4-11(9(13)5-8)17(15,16)6-10(14)7-1-2-7/h3-5,7,10H,1-2,6,14H2. The molecule has 1 atom stereocenters. The van der Waals surface area contributed by atoms with E-state index in [0.717, 1.165) is 25.0 Å². The van der Waals surface area contributed by atoms with Crippen molar-refractivity contribution in [2.45, 2.75) is 23.8 Å². The summed E-state index contributed by atoms with van der Waals surface area (Å²) < 4.78 is 49.8. The molecule has 0 heterocycles. The van der Waals surface area contributed by atoms with Crippen LogP contribution in [0.5, 0.6) is 0 Å². The van der Waals surface area contributed by atoms with Crippen LogP contribution in [0.25, 0.3) is 0 Å². The normalized spacial score (nSPS) is 18.1. The number of hydrogen-bond acceptors (Lipinski definition) is 3. The molecule has 2 N–H and O–H groups in total. The van der Waals surface area contributed by atoms with Crippen LogP contribution in [0.4, 0.5) is 8.78 Å². The molecule has 1 aromatic rings. The molecule has 6 heteroatoms. The highest BCUT2D eigenvalue weighted by molar-refractivity contribution is 7.91. The lowest BCUT2D eigenvalue weighted by atomic mass is 10.2. The molecule has 94 valence electrons. The molecular formula is C11H13F2NO2S. The van der Waals surface area contributed by atoms with Gasteiger partial charge in [-0.1, -0.05) is 0 Å². The third-order valence-corrected chi connectivity index (χ3v) is 4.69. The first-order valence-electron chi connectivity index (χ1n) is 5.33. The van der Waals surface area contributed by atoms with E-state index in [1.54, 1.807) is 0 Å². The zero-order valence-corrected chi connectivity index (χ0v) is 9.88. The Labute approximate surface area is 98.5 Å². The Bertz CT molecular complexity index is 526. The molecule has 1 aliphatic rings. The molecule has 1 unspecified atom stereocenters.